The van der Waals surface area contributed by atoms with Crippen LogP contribution in [0.2, 0.25) is 0 Å². The highest BCUT2D eigenvalue weighted by molar-refractivity contribution is 7.80. The number of hydrogen-bond donors (Lipinski definition) is 3. The van der Waals surface area contributed by atoms with Gasteiger partial charge in [0.1, 0.15) is 17.7 Å². The molecule has 0 aromatic heterocycles. The summed E-state index contributed by atoms with van der Waals surface area (Å²) in [5.41, 5.74) is 2.17. The van der Waals surface area contributed by atoms with Gasteiger partial charge in [-0.05, 0) is 59.4 Å². The van der Waals surface area contributed by atoms with Crippen LogP contribution in [0.25, 0.3) is 0 Å². The van der Waals surface area contributed by atoms with Gasteiger partial charge in [0.2, 0.25) is 11.8 Å². The number of nitrogens with one attached hydrogen (secondary N) is 2. The third kappa shape index (κ3) is 11.7. The minimum Gasteiger partial charge on any atom is -0.444 e. The van der Waals surface area contributed by atoms with Gasteiger partial charge < -0.3 is 20.3 Å². The molecular weight excluding hydrogens is 522 g/mol. The van der Waals surface area contributed by atoms with Gasteiger partial charge in [0.25, 0.3) is 0 Å². The molecule has 7 nitrogen and oxygen atoms in total. The standard InChI is InChI=1S/C32H53N3O4S/c1-7-8-9-10-11-15-18-35(30(37)27(22-40)34-31(38)39-32(4,5)6)28(25-20-23(2)19-24(3)21-25)29(36)33-26-16-13-12-14-17-26/h19-21,26-28,40H,7-18,22H2,1-6H3,(H,33,36)(H,34,38). The number of rotatable bonds is 14. The third-order valence-corrected chi connectivity index (χ3v) is 7.64. The van der Waals surface area contributed by atoms with Gasteiger partial charge in [-0.3, -0.25) is 9.59 Å². The number of alkyl carbamates (subject to hydrolysis) is 1. The zero-order valence-electron chi connectivity index (χ0n) is 25.7. The predicted molar refractivity (Wildman–Crippen MR) is 166 cm³/mol. The van der Waals surface area contributed by atoms with E-state index in [-0.39, 0.29) is 23.6 Å². The lowest BCUT2D eigenvalue weighted by Gasteiger charge is -2.36. The maximum atomic E-state index is 14.1. The lowest BCUT2D eigenvalue weighted by molar-refractivity contribution is -0.142. The van der Waals surface area contributed by atoms with E-state index in [0.717, 1.165) is 68.1 Å². The smallest absolute Gasteiger partial charge is 0.408 e. The second-order valence-corrected chi connectivity index (χ2v) is 12.7. The molecule has 2 atom stereocenters. The molecule has 0 aliphatic heterocycles. The highest BCUT2D eigenvalue weighted by atomic mass is 32.1. The molecule has 40 heavy (non-hydrogen) atoms. The molecule has 2 rings (SSSR count). The van der Waals surface area contributed by atoms with Crippen LogP contribution in [-0.4, -0.2) is 52.8 Å². The van der Waals surface area contributed by atoms with Gasteiger partial charge in [0.05, 0.1) is 0 Å². The summed E-state index contributed by atoms with van der Waals surface area (Å²) < 4.78 is 5.43. The molecule has 0 bridgehead atoms. The molecule has 0 saturated heterocycles. The molecule has 1 saturated carbocycles. The van der Waals surface area contributed by atoms with Crippen molar-refractivity contribution < 1.29 is 19.1 Å². The van der Waals surface area contributed by atoms with Crippen LogP contribution < -0.4 is 10.6 Å². The van der Waals surface area contributed by atoms with Gasteiger partial charge in [-0.1, -0.05) is 87.6 Å². The molecule has 1 aliphatic carbocycles. The van der Waals surface area contributed by atoms with Gasteiger partial charge in [0.15, 0.2) is 0 Å². The fourth-order valence-electron chi connectivity index (χ4n) is 5.43. The minimum atomic E-state index is -0.922. The van der Waals surface area contributed by atoms with E-state index >= 15 is 0 Å². The van der Waals surface area contributed by atoms with Crippen molar-refractivity contribution in [2.45, 2.75) is 136 Å². The van der Waals surface area contributed by atoms with Crippen molar-refractivity contribution in [3.05, 3.63) is 34.9 Å². The Morgan fingerprint density at radius 2 is 1.57 bits per heavy atom. The van der Waals surface area contributed by atoms with Crippen molar-refractivity contribution in [2.24, 2.45) is 0 Å². The second-order valence-electron chi connectivity index (χ2n) is 12.3. The molecule has 1 aliphatic rings. The average molecular weight is 576 g/mol. The lowest BCUT2D eigenvalue weighted by atomic mass is 9.94. The normalized spacial score (nSPS) is 15.7. The predicted octanol–water partition coefficient (Wildman–Crippen LogP) is 6.81. The Labute approximate surface area is 248 Å². The molecule has 0 heterocycles. The Kier molecular flexibility index (Phi) is 14.4. The molecule has 1 aromatic rings. The first-order valence-corrected chi connectivity index (χ1v) is 15.9. The summed E-state index contributed by atoms with van der Waals surface area (Å²) in [5, 5.41) is 5.99. The molecule has 1 fully saturated rings. The van der Waals surface area contributed by atoms with Crippen LogP contribution in [0.15, 0.2) is 18.2 Å². The fraction of sp³-hybridized carbons (Fsp3) is 0.719. The van der Waals surface area contributed by atoms with Crippen LogP contribution in [-0.2, 0) is 14.3 Å². The summed E-state index contributed by atoms with van der Waals surface area (Å²) in [5.74, 6) is -0.390. The van der Waals surface area contributed by atoms with Gasteiger partial charge in [-0.2, -0.15) is 12.6 Å². The van der Waals surface area contributed by atoms with Crippen LogP contribution in [0.3, 0.4) is 0 Å². The van der Waals surface area contributed by atoms with Crippen molar-refractivity contribution in [1.82, 2.24) is 15.5 Å². The summed E-state index contributed by atoms with van der Waals surface area (Å²) in [6, 6.07) is 4.45. The Bertz CT molecular complexity index is 936. The zero-order valence-corrected chi connectivity index (χ0v) is 26.6. The van der Waals surface area contributed by atoms with Crippen LogP contribution in [0.5, 0.6) is 0 Å². The summed E-state index contributed by atoms with van der Waals surface area (Å²) in [6.07, 6.45) is 11.0. The number of ether oxygens (including phenoxy) is 1. The number of benzene rings is 1. The van der Waals surface area contributed by atoms with E-state index in [2.05, 4.69) is 36.3 Å². The summed E-state index contributed by atoms with van der Waals surface area (Å²) >= 11 is 4.41. The quantitative estimate of drug-likeness (QED) is 0.168. The first-order valence-electron chi connectivity index (χ1n) is 15.2. The number of thiol groups is 1. The van der Waals surface area contributed by atoms with E-state index < -0.39 is 23.8 Å². The van der Waals surface area contributed by atoms with Gasteiger partial charge in [-0.15, -0.1) is 0 Å². The Hall–Kier alpha value is -2.22. The molecule has 2 unspecified atom stereocenters. The highest BCUT2D eigenvalue weighted by Gasteiger charge is 2.36. The first-order chi connectivity index (χ1) is 18.9. The van der Waals surface area contributed by atoms with E-state index in [9.17, 15) is 14.4 Å². The number of nitrogens with zero attached hydrogens (tertiary/aromatic N) is 1. The largest absolute Gasteiger partial charge is 0.444 e. The summed E-state index contributed by atoms with van der Waals surface area (Å²) in [4.78, 5) is 42.5. The Morgan fingerprint density at radius 1 is 0.975 bits per heavy atom. The average Bonchev–Trinajstić information content (AvgIpc) is 2.87. The van der Waals surface area contributed by atoms with Crippen molar-refractivity contribution >= 4 is 30.5 Å². The molecule has 1 aromatic carbocycles. The molecule has 226 valence electrons. The van der Waals surface area contributed by atoms with Crippen LogP contribution in [0, 0.1) is 13.8 Å². The van der Waals surface area contributed by atoms with E-state index in [0.29, 0.717) is 6.54 Å². The van der Waals surface area contributed by atoms with Crippen molar-refractivity contribution in [3.63, 3.8) is 0 Å². The first kappa shape index (κ1) is 34.0. The fourth-order valence-corrected chi connectivity index (χ4v) is 5.68. The maximum absolute atomic E-state index is 14.1. The number of amides is 3. The third-order valence-electron chi connectivity index (χ3n) is 7.28. The lowest BCUT2D eigenvalue weighted by Crippen LogP contribution is -2.54. The van der Waals surface area contributed by atoms with E-state index in [1.54, 1.807) is 25.7 Å². The van der Waals surface area contributed by atoms with E-state index in [1.165, 1.54) is 19.3 Å². The van der Waals surface area contributed by atoms with Crippen LogP contribution in [0.4, 0.5) is 4.79 Å². The van der Waals surface area contributed by atoms with Gasteiger partial charge in [-0.25, -0.2) is 4.79 Å². The molecule has 2 N–H and O–H groups in total. The van der Waals surface area contributed by atoms with Crippen molar-refractivity contribution in [1.29, 1.82) is 0 Å². The van der Waals surface area contributed by atoms with Crippen molar-refractivity contribution in [3.8, 4) is 0 Å². The van der Waals surface area contributed by atoms with Gasteiger partial charge >= 0.3 is 6.09 Å². The number of unbranched alkanes of at least 4 members (excludes halogenated alkanes) is 5. The zero-order chi connectivity index (χ0) is 29.7. The molecule has 8 heteroatoms. The van der Waals surface area contributed by atoms with Gasteiger partial charge in [0, 0.05) is 18.3 Å². The molecule has 0 spiro atoms. The Morgan fingerprint density at radius 3 is 2.15 bits per heavy atom. The summed E-state index contributed by atoms with van der Waals surface area (Å²) in [6.45, 7) is 12.0. The Balaban J connectivity index is 2.41. The molecular formula is C32H53N3O4S. The maximum Gasteiger partial charge on any atom is 0.408 e. The molecule has 0 radical (unpaired) electrons. The van der Waals surface area contributed by atoms with Crippen LogP contribution >= 0.6 is 12.6 Å². The van der Waals surface area contributed by atoms with Crippen LogP contribution in [0.1, 0.15) is 121 Å². The number of aryl methyl sites for hydroxylation is 2. The van der Waals surface area contributed by atoms with Crippen molar-refractivity contribution in [2.75, 3.05) is 12.3 Å². The SMILES string of the molecule is CCCCCCCCN(C(=O)C(CS)NC(=O)OC(C)(C)C)C(C(=O)NC1CCCCC1)c1cc(C)cc(C)c1. The van der Waals surface area contributed by atoms with E-state index in [1.807, 2.05) is 26.0 Å². The number of carbonyl (C=O) groups is 3. The monoisotopic (exact) mass is 575 g/mol. The second kappa shape index (κ2) is 16.9. The van der Waals surface area contributed by atoms with E-state index in [4.69, 9.17) is 4.74 Å². The number of carbonyl (C=O) groups excluding carboxylic acids is 3. The summed E-state index contributed by atoms with van der Waals surface area (Å²) in [7, 11) is 0. The number of hydrogen-bond acceptors (Lipinski definition) is 5. The molecule has 3 amide bonds. The topological polar surface area (TPSA) is 87.7 Å². The highest BCUT2D eigenvalue weighted by Crippen LogP contribution is 2.27. The minimum absolute atomic E-state index is 0.0921.